The van der Waals surface area contributed by atoms with Gasteiger partial charge in [0.1, 0.15) is 0 Å². The number of carbonyl (C=O) groups excluding carboxylic acids is 2. The van der Waals surface area contributed by atoms with E-state index in [9.17, 15) is 9.59 Å². The standard InChI is InChI=1S/C21H24ClN3O2S/c1-13-4-3-11-25(12-13)20(27)16-5-2-6-17-18(16)23-21(28-17)24-19(26)14-7-9-15(22)10-8-14/h7-10,13,16H,2-6,11-12H2,1H3,(H,23,24,26). The van der Waals surface area contributed by atoms with Crippen LogP contribution in [0, 0.1) is 5.92 Å². The molecule has 1 fully saturated rings. The van der Waals surface area contributed by atoms with Crippen LogP contribution in [0.1, 0.15) is 59.5 Å². The Labute approximate surface area is 174 Å². The largest absolute Gasteiger partial charge is 0.342 e. The fourth-order valence-corrected chi connectivity index (χ4v) is 5.28. The summed E-state index contributed by atoms with van der Waals surface area (Å²) in [5.74, 6) is 0.376. The van der Waals surface area contributed by atoms with Crippen molar-refractivity contribution in [1.82, 2.24) is 9.88 Å². The molecular weight excluding hydrogens is 394 g/mol. The Morgan fingerprint density at radius 2 is 2.00 bits per heavy atom. The number of hydrogen-bond donors (Lipinski definition) is 1. The Hall–Kier alpha value is -1.92. The third-order valence-electron chi connectivity index (χ3n) is 5.55. The number of aryl methyl sites for hydroxylation is 1. The summed E-state index contributed by atoms with van der Waals surface area (Å²) in [5, 5.41) is 4.04. The number of anilines is 1. The number of thiazole rings is 1. The minimum Gasteiger partial charge on any atom is -0.342 e. The molecule has 2 heterocycles. The minimum atomic E-state index is -0.213. The molecule has 28 heavy (non-hydrogen) atoms. The van der Waals surface area contributed by atoms with Gasteiger partial charge in [-0.05, 0) is 62.3 Å². The number of aromatic nitrogens is 1. The van der Waals surface area contributed by atoms with Gasteiger partial charge in [0.2, 0.25) is 5.91 Å². The van der Waals surface area contributed by atoms with Gasteiger partial charge in [-0.3, -0.25) is 14.9 Å². The van der Waals surface area contributed by atoms with Crippen molar-refractivity contribution < 1.29 is 9.59 Å². The summed E-state index contributed by atoms with van der Waals surface area (Å²) in [5.41, 5.74) is 1.40. The van der Waals surface area contributed by atoms with Crippen LogP contribution in [0.2, 0.25) is 5.02 Å². The van der Waals surface area contributed by atoms with Crippen LogP contribution >= 0.6 is 22.9 Å². The van der Waals surface area contributed by atoms with Gasteiger partial charge in [0, 0.05) is 28.6 Å². The van der Waals surface area contributed by atoms with Crippen molar-refractivity contribution in [3.63, 3.8) is 0 Å². The molecule has 2 amide bonds. The third kappa shape index (κ3) is 4.08. The van der Waals surface area contributed by atoms with Gasteiger partial charge in [-0.2, -0.15) is 0 Å². The van der Waals surface area contributed by atoms with Crippen molar-refractivity contribution in [3.8, 4) is 0 Å². The van der Waals surface area contributed by atoms with Crippen LogP contribution in [0.25, 0.3) is 0 Å². The highest BCUT2D eigenvalue weighted by Crippen LogP contribution is 2.38. The minimum absolute atomic E-state index is 0.175. The van der Waals surface area contributed by atoms with Crippen LogP contribution in [0.15, 0.2) is 24.3 Å². The molecule has 1 aromatic carbocycles. The molecule has 2 aromatic rings. The monoisotopic (exact) mass is 417 g/mol. The highest BCUT2D eigenvalue weighted by atomic mass is 35.5. The second-order valence-corrected chi connectivity index (χ2v) is 9.28. The first-order valence-electron chi connectivity index (χ1n) is 9.86. The van der Waals surface area contributed by atoms with Gasteiger partial charge >= 0.3 is 0 Å². The number of fused-ring (bicyclic) bond motifs is 1. The Morgan fingerprint density at radius 1 is 1.21 bits per heavy atom. The number of benzene rings is 1. The molecule has 0 saturated carbocycles. The molecule has 2 aliphatic rings. The molecule has 0 bridgehead atoms. The molecule has 1 aliphatic carbocycles. The lowest BCUT2D eigenvalue weighted by Crippen LogP contribution is -2.42. The van der Waals surface area contributed by atoms with E-state index in [1.54, 1.807) is 24.3 Å². The van der Waals surface area contributed by atoms with E-state index in [2.05, 4.69) is 17.2 Å². The Kier molecular flexibility index (Phi) is 5.69. The zero-order valence-corrected chi connectivity index (χ0v) is 17.5. The summed E-state index contributed by atoms with van der Waals surface area (Å²) in [6.07, 6.45) is 5.01. The first-order chi connectivity index (χ1) is 13.5. The van der Waals surface area contributed by atoms with Gasteiger partial charge in [0.05, 0.1) is 11.6 Å². The van der Waals surface area contributed by atoms with Gasteiger partial charge < -0.3 is 4.90 Å². The molecule has 2 atom stereocenters. The number of carbonyl (C=O) groups is 2. The van der Waals surface area contributed by atoms with Crippen molar-refractivity contribution in [3.05, 3.63) is 45.4 Å². The van der Waals surface area contributed by atoms with E-state index < -0.39 is 0 Å². The Bertz CT molecular complexity index is 880. The fraction of sp³-hybridized carbons (Fsp3) is 0.476. The molecule has 0 radical (unpaired) electrons. The molecule has 148 valence electrons. The molecule has 1 saturated heterocycles. The van der Waals surface area contributed by atoms with Crippen molar-refractivity contribution in [2.45, 2.75) is 44.9 Å². The SMILES string of the molecule is CC1CCCN(C(=O)C2CCCc3sc(NC(=O)c4ccc(Cl)cc4)nc32)C1. The van der Waals surface area contributed by atoms with Gasteiger partial charge in [0.25, 0.3) is 5.91 Å². The quantitative estimate of drug-likeness (QED) is 0.785. The third-order valence-corrected chi connectivity index (χ3v) is 6.85. The van der Waals surface area contributed by atoms with Crippen LogP contribution < -0.4 is 5.32 Å². The summed E-state index contributed by atoms with van der Waals surface area (Å²) < 4.78 is 0. The molecule has 5 nitrogen and oxygen atoms in total. The summed E-state index contributed by atoms with van der Waals surface area (Å²) in [7, 11) is 0. The summed E-state index contributed by atoms with van der Waals surface area (Å²) in [6.45, 7) is 3.90. The highest BCUT2D eigenvalue weighted by Gasteiger charge is 2.34. The van der Waals surface area contributed by atoms with Crippen molar-refractivity contribution in [2.75, 3.05) is 18.4 Å². The van der Waals surface area contributed by atoms with Gasteiger partial charge in [0.15, 0.2) is 5.13 Å². The van der Waals surface area contributed by atoms with E-state index in [0.29, 0.717) is 21.6 Å². The van der Waals surface area contributed by atoms with Gasteiger partial charge in [-0.15, -0.1) is 11.3 Å². The summed E-state index contributed by atoms with van der Waals surface area (Å²) in [6, 6.07) is 6.76. The topological polar surface area (TPSA) is 62.3 Å². The molecule has 2 unspecified atom stereocenters. The maximum Gasteiger partial charge on any atom is 0.257 e. The second-order valence-electron chi connectivity index (χ2n) is 7.76. The normalized spacial score (nSPS) is 21.9. The lowest BCUT2D eigenvalue weighted by atomic mass is 9.88. The molecular formula is C21H24ClN3O2S. The van der Waals surface area contributed by atoms with E-state index in [-0.39, 0.29) is 17.7 Å². The van der Waals surface area contributed by atoms with E-state index >= 15 is 0 Å². The van der Waals surface area contributed by atoms with Crippen LogP contribution in [0.4, 0.5) is 5.13 Å². The Balaban J connectivity index is 1.50. The predicted molar refractivity (Wildman–Crippen MR) is 112 cm³/mol. The maximum atomic E-state index is 13.1. The lowest BCUT2D eigenvalue weighted by Gasteiger charge is -2.34. The number of likely N-dealkylation sites (tertiary alicyclic amines) is 1. The molecule has 4 rings (SSSR count). The molecule has 0 spiro atoms. The van der Waals surface area contributed by atoms with Crippen molar-refractivity contribution in [1.29, 1.82) is 0 Å². The van der Waals surface area contributed by atoms with E-state index in [0.717, 1.165) is 49.3 Å². The zero-order chi connectivity index (χ0) is 19.7. The second kappa shape index (κ2) is 8.21. The first-order valence-corrected chi connectivity index (χ1v) is 11.1. The van der Waals surface area contributed by atoms with Crippen molar-refractivity contribution in [2.24, 2.45) is 5.92 Å². The first kappa shape index (κ1) is 19.4. The van der Waals surface area contributed by atoms with Crippen LogP contribution in [-0.4, -0.2) is 34.8 Å². The van der Waals surface area contributed by atoms with E-state index in [1.165, 1.54) is 17.8 Å². The zero-order valence-electron chi connectivity index (χ0n) is 15.9. The van der Waals surface area contributed by atoms with Crippen LogP contribution in [0.5, 0.6) is 0 Å². The number of amides is 2. The summed E-state index contributed by atoms with van der Waals surface area (Å²) in [4.78, 5) is 33.4. The molecule has 1 N–H and O–H groups in total. The van der Waals surface area contributed by atoms with Crippen molar-refractivity contribution >= 4 is 39.9 Å². The van der Waals surface area contributed by atoms with E-state index in [4.69, 9.17) is 11.6 Å². The number of hydrogen-bond acceptors (Lipinski definition) is 4. The number of nitrogens with one attached hydrogen (secondary N) is 1. The maximum absolute atomic E-state index is 13.1. The van der Waals surface area contributed by atoms with Gasteiger partial charge in [-0.25, -0.2) is 4.98 Å². The molecule has 1 aromatic heterocycles. The molecule has 1 aliphatic heterocycles. The highest BCUT2D eigenvalue weighted by molar-refractivity contribution is 7.16. The van der Waals surface area contributed by atoms with Crippen LogP contribution in [-0.2, 0) is 11.2 Å². The average Bonchev–Trinajstić information content (AvgIpc) is 3.10. The van der Waals surface area contributed by atoms with Gasteiger partial charge in [-0.1, -0.05) is 18.5 Å². The predicted octanol–water partition coefficient (Wildman–Crippen LogP) is 4.73. The number of nitrogens with zero attached hydrogens (tertiary/aromatic N) is 2. The molecule has 7 heteroatoms. The lowest BCUT2D eigenvalue weighted by molar-refractivity contribution is -0.135. The average molecular weight is 418 g/mol. The smallest absolute Gasteiger partial charge is 0.257 e. The van der Waals surface area contributed by atoms with Crippen LogP contribution in [0.3, 0.4) is 0 Å². The summed E-state index contributed by atoms with van der Waals surface area (Å²) >= 11 is 7.38. The van der Waals surface area contributed by atoms with E-state index in [1.807, 2.05) is 4.90 Å². The number of piperidine rings is 1. The Morgan fingerprint density at radius 3 is 2.75 bits per heavy atom. The fourth-order valence-electron chi connectivity index (χ4n) is 4.09. The number of rotatable bonds is 3. The number of halogens is 1.